The molecule has 1 amide bonds. The SMILES string of the molecule is COc1ccc(S(=O)(=O)N(CC(=O)Nc2ccc(N3CCCCC3)cc2)c2ccc(F)cc2)cc1. The second kappa shape index (κ2) is 10.8. The molecule has 184 valence electrons. The van der Waals surface area contributed by atoms with Crippen molar-refractivity contribution in [1.29, 1.82) is 0 Å². The standard InChI is InChI=1S/C26H28FN3O4S/c1-34-24-13-15-25(16-14-24)35(32,33)30(23-9-5-20(27)6-10-23)19-26(31)28-21-7-11-22(12-8-21)29-17-3-2-4-18-29/h5-16H,2-4,17-19H2,1H3,(H,28,31). The molecule has 1 N–H and O–H groups in total. The van der Waals surface area contributed by atoms with Gasteiger partial charge in [-0.25, -0.2) is 12.8 Å². The summed E-state index contributed by atoms with van der Waals surface area (Å²) in [5.74, 6) is -0.519. The monoisotopic (exact) mass is 497 g/mol. The molecule has 1 aliphatic rings. The number of halogens is 1. The van der Waals surface area contributed by atoms with Crippen LogP contribution in [-0.4, -0.2) is 41.1 Å². The van der Waals surface area contributed by atoms with Gasteiger partial charge in [-0.15, -0.1) is 0 Å². The van der Waals surface area contributed by atoms with E-state index < -0.39 is 28.3 Å². The maximum Gasteiger partial charge on any atom is 0.264 e. The Morgan fingerprint density at radius 1 is 0.943 bits per heavy atom. The van der Waals surface area contributed by atoms with Gasteiger partial charge in [0.2, 0.25) is 5.91 Å². The maximum atomic E-state index is 13.5. The minimum Gasteiger partial charge on any atom is -0.497 e. The fraction of sp³-hybridized carbons (Fsp3) is 0.269. The number of hydrogen-bond donors (Lipinski definition) is 1. The number of benzene rings is 3. The van der Waals surface area contributed by atoms with Crippen molar-refractivity contribution in [3.63, 3.8) is 0 Å². The van der Waals surface area contributed by atoms with E-state index in [1.807, 2.05) is 24.3 Å². The Morgan fingerprint density at radius 2 is 1.57 bits per heavy atom. The van der Waals surface area contributed by atoms with E-state index in [1.165, 1.54) is 62.8 Å². The molecule has 0 unspecified atom stereocenters. The van der Waals surface area contributed by atoms with Crippen molar-refractivity contribution in [3.8, 4) is 5.75 Å². The Balaban J connectivity index is 1.53. The van der Waals surface area contributed by atoms with Crippen LogP contribution in [0.1, 0.15) is 19.3 Å². The first-order chi connectivity index (χ1) is 16.9. The van der Waals surface area contributed by atoms with Crippen LogP contribution >= 0.6 is 0 Å². The molecule has 4 rings (SSSR count). The van der Waals surface area contributed by atoms with Crippen LogP contribution in [-0.2, 0) is 14.8 Å². The molecule has 0 bridgehead atoms. The first-order valence-electron chi connectivity index (χ1n) is 11.4. The number of hydrogen-bond acceptors (Lipinski definition) is 5. The molecule has 9 heteroatoms. The highest BCUT2D eigenvalue weighted by atomic mass is 32.2. The van der Waals surface area contributed by atoms with Crippen LogP contribution in [0.15, 0.2) is 77.7 Å². The molecule has 7 nitrogen and oxygen atoms in total. The van der Waals surface area contributed by atoms with Crippen LogP contribution in [0.2, 0.25) is 0 Å². The Morgan fingerprint density at radius 3 is 2.17 bits per heavy atom. The summed E-state index contributed by atoms with van der Waals surface area (Å²) in [5, 5.41) is 2.77. The average molecular weight is 498 g/mol. The number of methoxy groups -OCH3 is 1. The van der Waals surface area contributed by atoms with E-state index in [1.54, 1.807) is 0 Å². The predicted molar refractivity (Wildman–Crippen MR) is 135 cm³/mol. The van der Waals surface area contributed by atoms with Crippen molar-refractivity contribution in [3.05, 3.63) is 78.6 Å². The maximum absolute atomic E-state index is 13.5. The lowest BCUT2D eigenvalue weighted by Crippen LogP contribution is -2.38. The molecule has 0 aliphatic carbocycles. The summed E-state index contributed by atoms with van der Waals surface area (Å²) >= 11 is 0. The Kier molecular flexibility index (Phi) is 7.55. The van der Waals surface area contributed by atoms with Gasteiger partial charge in [0.25, 0.3) is 10.0 Å². The highest BCUT2D eigenvalue weighted by molar-refractivity contribution is 7.92. The smallest absolute Gasteiger partial charge is 0.264 e. The third-order valence-corrected chi connectivity index (χ3v) is 7.71. The second-order valence-electron chi connectivity index (χ2n) is 8.31. The molecule has 0 spiro atoms. The second-order valence-corrected chi connectivity index (χ2v) is 10.2. The van der Waals surface area contributed by atoms with E-state index >= 15 is 0 Å². The Hall–Kier alpha value is -3.59. The largest absolute Gasteiger partial charge is 0.497 e. The quantitative estimate of drug-likeness (QED) is 0.490. The van der Waals surface area contributed by atoms with Crippen molar-refractivity contribution < 1.29 is 22.3 Å². The molecule has 0 saturated carbocycles. The third kappa shape index (κ3) is 5.92. The first-order valence-corrected chi connectivity index (χ1v) is 12.9. The van der Waals surface area contributed by atoms with Crippen LogP contribution in [0.3, 0.4) is 0 Å². The van der Waals surface area contributed by atoms with E-state index in [0.717, 1.165) is 35.2 Å². The van der Waals surface area contributed by atoms with E-state index in [0.29, 0.717) is 11.4 Å². The number of nitrogens with zero attached hydrogens (tertiary/aromatic N) is 2. The van der Waals surface area contributed by atoms with Crippen LogP contribution in [0.25, 0.3) is 0 Å². The first kappa shape index (κ1) is 24.5. The Labute approximate surface area is 205 Å². The molecule has 3 aromatic carbocycles. The number of piperidine rings is 1. The lowest BCUT2D eigenvalue weighted by Gasteiger charge is -2.29. The zero-order valence-corrected chi connectivity index (χ0v) is 20.3. The number of anilines is 3. The van der Waals surface area contributed by atoms with Crippen molar-refractivity contribution in [2.75, 3.05) is 41.3 Å². The van der Waals surface area contributed by atoms with Gasteiger partial charge in [-0.3, -0.25) is 9.10 Å². The minimum atomic E-state index is -4.11. The number of rotatable bonds is 8. The van der Waals surface area contributed by atoms with Crippen LogP contribution in [0, 0.1) is 5.82 Å². The molecule has 0 atom stereocenters. The van der Waals surface area contributed by atoms with Crippen molar-refractivity contribution >= 4 is 33.0 Å². The van der Waals surface area contributed by atoms with E-state index in [4.69, 9.17) is 4.74 Å². The summed E-state index contributed by atoms with van der Waals surface area (Å²) in [7, 11) is -2.63. The van der Waals surface area contributed by atoms with Gasteiger partial charge in [-0.1, -0.05) is 0 Å². The lowest BCUT2D eigenvalue weighted by molar-refractivity contribution is -0.114. The molecular weight excluding hydrogens is 469 g/mol. The minimum absolute atomic E-state index is 0.0127. The predicted octanol–water partition coefficient (Wildman–Crippen LogP) is 4.66. The van der Waals surface area contributed by atoms with Gasteiger partial charge in [0, 0.05) is 24.5 Å². The van der Waals surface area contributed by atoms with Gasteiger partial charge < -0.3 is 15.0 Å². The zero-order chi connectivity index (χ0) is 24.8. The van der Waals surface area contributed by atoms with Crippen LogP contribution in [0.4, 0.5) is 21.5 Å². The fourth-order valence-electron chi connectivity index (χ4n) is 4.04. The summed E-state index contributed by atoms with van der Waals surface area (Å²) in [6.07, 6.45) is 3.58. The van der Waals surface area contributed by atoms with Crippen LogP contribution < -0.4 is 19.3 Å². The van der Waals surface area contributed by atoms with Gasteiger partial charge >= 0.3 is 0 Å². The average Bonchev–Trinajstić information content (AvgIpc) is 2.89. The van der Waals surface area contributed by atoms with Crippen molar-refractivity contribution in [2.45, 2.75) is 24.2 Å². The van der Waals surface area contributed by atoms with Gasteiger partial charge in [-0.05, 0) is 92.1 Å². The number of nitrogens with one attached hydrogen (secondary N) is 1. The van der Waals surface area contributed by atoms with Gasteiger partial charge in [0.15, 0.2) is 0 Å². The third-order valence-electron chi connectivity index (χ3n) is 5.92. The van der Waals surface area contributed by atoms with Crippen LogP contribution in [0.5, 0.6) is 5.75 Å². The number of amides is 1. The normalized spacial score (nSPS) is 13.8. The lowest BCUT2D eigenvalue weighted by atomic mass is 10.1. The molecule has 35 heavy (non-hydrogen) atoms. The molecular formula is C26H28FN3O4S. The number of sulfonamides is 1. The zero-order valence-electron chi connectivity index (χ0n) is 19.5. The van der Waals surface area contributed by atoms with Crippen molar-refractivity contribution in [1.82, 2.24) is 0 Å². The summed E-state index contributed by atoms with van der Waals surface area (Å²) in [4.78, 5) is 15.2. The topological polar surface area (TPSA) is 79.0 Å². The number of ether oxygens (including phenoxy) is 1. The molecule has 0 radical (unpaired) electrons. The number of carbonyl (C=O) groups is 1. The highest BCUT2D eigenvalue weighted by Crippen LogP contribution is 2.26. The van der Waals surface area contributed by atoms with E-state index in [-0.39, 0.29) is 10.6 Å². The molecule has 1 fully saturated rings. The van der Waals surface area contributed by atoms with Gasteiger partial charge in [0.1, 0.15) is 18.1 Å². The molecule has 1 aliphatic heterocycles. The summed E-state index contributed by atoms with van der Waals surface area (Å²) in [6.45, 7) is 1.55. The van der Waals surface area contributed by atoms with Gasteiger partial charge in [0.05, 0.1) is 17.7 Å². The summed E-state index contributed by atoms with van der Waals surface area (Å²) in [6, 6.07) is 18.4. The van der Waals surface area contributed by atoms with E-state index in [2.05, 4.69) is 10.2 Å². The summed E-state index contributed by atoms with van der Waals surface area (Å²) < 4.78 is 46.4. The molecule has 3 aromatic rings. The molecule has 1 heterocycles. The molecule has 0 aromatic heterocycles. The van der Waals surface area contributed by atoms with Crippen molar-refractivity contribution in [2.24, 2.45) is 0 Å². The summed E-state index contributed by atoms with van der Waals surface area (Å²) in [5.41, 5.74) is 1.84. The van der Waals surface area contributed by atoms with Gasteiger partial charge in [-0.2, -0.15) is 0 Å². The highest BCUT2D eigenvalue weighted by Gasteiger charge is 2.27. The number of carbonyl (C=O) groups excluding carboxylic acids is 1. The fourth-order valence-corrected chi connectivity index (χ4v) is 5.46. The van der Waals surface area contributed by atoms with E-state index in [9.17, 15) is 17.6 Å². The molecule has 1 saturated heterocycles. The Bertz CT molecular complexity index is 1240.